The first-order valence-corrected chi connectivity index (χ1v) is 7.73. The number of alkyl halides is 3. The van der Waals surface area contributed by atoms with Crippen LogP contribution in [0.15, 0.2) is 29.2 Å². The lowest BCUT2D eigenvalue weighted by molar-refractivity contribution is -0.137. The second-order valence-corrected chi connectivity index (χ2v) is 6.09. The summed E-state index contributed by atoms with van der Waals surface area (Å²) in [5.74, 6) is -0.934. The number of carbonyl (C=O) groups excluding carboxylic acids is 1. The summed E-state index contributed by atoms with van der Waals surface area (Å²) < 4.78 is 40.3. The highest BCUT2D eigenvalue weighted by atomic mass is 32.1. The molecule has 0 fully saturated rings. The van der Waals surface area contributed by atoms with Gasteiger partial charge in [-0.1, -0.05) is 16.4 Å². The molecule has 4 rings (SSSR count). The number of halogens is 3. The number of aromatic nitrogens is 6. The van der Waals surface area contributed by atoms with Crippen LogP contribution >= 0.6 is 11.3 Å². The third kappa shape index (κ3) is 2.57. The molecule has 0 saturated carbocycles. The van der Waals surface area contributed by atoms with Gasteiger partial charge in [0.1, 0.15) is 5.56 Å². The Bertz CT molecular complexity index is 1200. The van der Waals surface area contributed by atoms with Gasteiger partial charge in [-0.25, -0.2) is 10.1 Å². The molecular formula is C13H6F3N7O2S. The largest absolute Gasteiger partial charge is 0.416 e. The minimum absolute atomic E-state index is 0.0216. The van der Waals surface area contributed by atoms with Crippen molar-refractivity contribution in [1.29, 1.82) is 0 Å². The molecule has 0 aliphatic heterocycles. The Morgan fingerprint density at radius 2 is 2.12 bits per heavy atom. The normalized spacial score (nSPS) is 12.0. The number of nitrogens with zero attached hydrogens (tertiary/aromatic N) is 5. The van der Waals surface area contributed by atoms with Gasteiger partial charge in [0.15, 0.2) is 4.96 Å². The smallest absolute Gasteiger partial charge is 0.289 e. The number of carbonyl (C=O) groups is 1. The van der Waals surface area contributed by atoms with Gasteiger partial charge in [0.2, 0.25) is 5.95 Å². The van der Waals surface area contributed by atoms with Gasteiger partial charge in [-0.3, -0.25) is 19.3 Å². The Morgan fingerprint density at radius 1 is 1.31 bits per heavy atom. The topological polar surface area (TPSA) is 118 Å². The van der Waals surface area contributed by atoms with Gasteiger partial charge < -0.3 is 0 Å². The van der Waals surface area contributed by atoms with Crippen LogP contribution in [0.3, 0.4) is 0 Å². The van der Waals surface area contributed by atoms with Crippen molar-refractivity contribution < 1.29 is 18.0 Å². The number of fused-ring (bicyclic) bond motifs is 3. The molecule has 4 aromatic rings. The highest BCUT2D eigenvalue weighted by molar-refractivity contribution is 7.23. The van der Waals surface area contributed by atoms with E-state index in [2.05, 4.69) is 30.9 Å². The molecule has 0 aliphatic rings. The van der Waals surface area contributed by atoms with Crippen molar-refractivity contribution in [2.24, 2.45) is 0 Å². The molecule has 3 heterocycles. The van der Waals surface area contributed by atoms with E-state index in [4.69, 9.17) is 0 Å². The lowest BCUT2D eigenvalue weighted by atomic mass is 10.2. The Balaban J connectivity index is 1.89. The van der Waals surface area contributed by atoms with E-state index in [1.54, 1.807) is 0 Å². The van der Waals surface area contributed by atoms with Crippen LogP contribution in [-0.4, -0.2) is 35.9 Å². The molecule has 0 spiro atoms. The fraction of sp³-hybridized carbons (Fsp3) is 0.0769. The Hall–Kier alpha value is -3.35. The minimum atomic E-state index is -4.56. The van der Waals surface area contributed by atoms with Crippen molar-refractivity contribution in [2.75, 3.05) is 5.32 Å². The molecule has 132 valence electrons. The van der Waals surface area contributed by atoms with E-state index in [1.807, 2.05) is 0 Å². The highest BCUT2D eigenvalue weighted by Crippen LogP contribution is 2.33. The molecule has 1 aromatic carbocycles. The van der Waals surface area contributed by atoms with Crippen molar-refractivity contribution in [3.8, 4) is 0 Å². The molecule has 2 N–H and O–H groups in total. The number of H-pyrrole nitrogens is 1. The van der Waals surface area contributed by atoms with E-state index < -0.39 is 23.2 Å². The number of nitrogens with one attached hydrogen (secondary N) is 2. The molecule has 0 atom stereocenters. The first kappa shape index (κ1) is 16.1. The summed E-state index contributed by atoms with van der Waals surface area (Å²) in [6.07, 6.45) is -3.51. The van der Waals surface area contributed by atoms with E-state index in [-0.39, 0.29) is 22.0 Å². The molecule has 0 radical (unpaired) electrons. The first-order chi connectivity index (χ1) is 12.3. The number of rotatable bonds is 2. The molecule has 1 amide bonds. The third-order valence-corrected chi connectivity index (χ3v) is 4.51. The zero-order chi connectivity index (χ0) is 18.5. The average molecular weight is 381 g/mol. The first-order valence-electron chi connectivity index (χ1n) is 6.91. The van der Waals surface area contributed by atoms with Gasteiger partial charge in [-0.15, -0.1) is 0 Å². The molecule has 0 unspecified atom stereocenters. The maximum atomic E-state index is 13.0. The predicted molar refractivity (Wildman–Crippen MR) is 84.0 cm³/mol. The van der Waals surface area contributed by atoms with Crippen LogP contribution in [-0.2, 0) is 6.18 Å². The van der Waals surface area contributed by atoms with Crippen LogP contribution < -0.4 is 10.9 Å². The van der Waals surface area contributed by atoms with Crippen molar-refractivity contribution in [3.05, 3.63) is 45.9 Å². The molecule has 13 heteroatoms. The van der Waals surface area contributed by atoms with Gasteiger partial charge in [-0.05, 0) is 28.6 Å². The molecular weight excluding hydrogens is 375 g/mol. The van der Waals surface area contributed by atoms with E-state index in [9.17, 15) is 22.8 Å². The van der Waals surface area contributed by atoms with E-state index in [1.165, 1.54) is 6.07 Å². The summed E-state index contributed by atoms with van der Waals surface area (Å²) >= 11 is 1.04. The zero-order valence-electron chi connectivity index (χ0n) is 12.4. The monoisotopic (exact) mass is 381 g/mol. The quantitative estimate of drug-likeness (QED) is 0.546. The van der Waals surface area contributed by atoms with Gasteiger partial charge in [0.05, 0.1) is 15.8 Å². The molecule has 0 aliphatic carbocycles. The van der Waals surface area contributed by atoms with Gasteiger partial charge in [-0.2, -0.15) is 13.2 Å². The summed E-state index contributed by atoms with van der Waals surface area (Å²) in [5.41, 5.74) is -2.05. The molecule has 0 bridgehead atoms. The van der Waals surface area contributed by atoms with Crippen molar-refractivity contribution in [3.63, 3.8) is 0 Å². The van der Waals surface area contributed by atoms with Crippen LogP contribution in [0.25, 0.3) is 15.2 Å². The predicted octanol–water partition coefficient (Wildman–Crippen LogP) is 1.69. The minimum Gasteiger partial charge on any atom is -0.289 e. The standard InChI is InChI=1S/C13H6F3N7O2S/c14-13(15,16)5-1-2-8-7(3-5)23-10(25)6(4-17-12(23)26-8)9(24)18-11-19-21-22-20-11/h1-4H,(H2,18,19,20,21,22,24). The van der Waals surface area contributed by atoms with Crippen LogP contribution in [0.5, 0.6) is 0 Å². The lowest BCUT2D eigenvalue weighted by Crippen LogP contribution is -2.26. The summed E-state index contributed by atoms with van der Waals surface area (Å²) in [4.78, 5) is 29.0. The van der Waals surface area contributed by atoms with E-state index in [0.717, 1.165) is 34.1 Å². The number of aromatic amines is 1. The fourth-order valence-corrected chi connectivity index (χ4v) is 3.29. The maximum Gasteiger partial charge on any atom is 0.416 e. The number of hydrogen-bond acceptors (Lipinski definition) is 7. The summed E-state index contributed by atoms with van der Waals surface area (Å²) in [7, 11) is 0. The van der Waals surface area contributed by atoms with E-state index >= 15 is 0 Å². The Labute approximate surface area is 144 Å². The van der Waals surface area contributed by atoms with Crippen molar-refractivity contribution in [2.45, 2.75) is 6.18 Å². The number of thiazole rings is 1. The SMILES string of the molecule is O=C(Nc1nnn[nH]1)c1cnc2sc3ccc(C(F)(F)F)cc3n2c1=O. The van der Waals surface area contributed by atoms with Crippen molar-refractivity contribution in [1.82, 2.24) is 30.0 Å². The number of benzene rings is 1. The maximum absolute atomic E-state index is 13.0. The molecule has 3 aromatic heterocycles. The lowest BCUT2D eigenvalue weighted by Gasteiger charge is -2.06. The van der Waals surface area contributed by atoms with E-state index in [0.29, 0.717) is 4.70 Å². The second kappa shape index (κ2) is 5.59. The number of tetrazole rings is 1. The average Bonchev–Trinajstić information content (AvgIpc) is 3.20. The number of hydrogen-bond donors (Lipinski definition) is 2. The van der Waals surface area contributed by atoms with Gasteiger partial charge in [0.25, 0.3) is 11.5 Å². The summed E-state index contributed by atoms with van der Waals surface area (Å²) in [5, 5.41) is 14.5. The van der Waals surface area contributed by atoms with Crippen LogP contribution in [0.1, 0.15) is 15.9 Å². The van der Waals surface area contributed by atoms with Crippen molar-refractivity contribution >= 4 is 38.4 Å². The number of amides is 1. The van der Waals surface area contributed by atoms with Crippen LogP contribution in [0.2, 0.25) is 0 Å². The zero-order valence-corrected chi connectivity index (χ0v) is 13.2. The molecule has 26 heavy (non-hydrogen) atoms. The molecule has 0 saturated heterocycles. The Morgan fingerprint density at radius 3 is 2.81 bits per heavy atom. The second-order valence-electron chi connectivity index (χ2n) is 5.08. The third-order valence-electron chi connectivity index (χ3n) is 3.48. The number of anilines is 1. The Kier molecular flexibility index (Phi) is 3.47. The van der Waals surface area contributed by atoms with Gasteiger partial charge in [0, 0.05) is 6.20 Å². The van der Waals surface area contributed by atoms with Crippen LogP contribution in [0, 0.1) is 0 Å². The summed E-state index contributed by atoms with van der Waals surface area (Å²) in [6.45, 7) is 0. The fourth-order valence-electron chi connectivity index (χ4n) is 2.32. The highest BCUT2D eigenvalue weighted by Gasteiger charge is 2.31. The summed E-state index contributed by atoms with van der Waals surface area (Å²) in [6, 6.07) is 3.04. The van der Waals surface area contributed by atoms with Crippen LogP contribution in [0.4, 0.5) is 19.1 Å². The molecule has 9 nitrogen and oxygen atoms in total. The van der Waals surface area contributed by atoms with Gasteiger partial charge >= 0.3 is 6.18 Å².